The van der Waals surface area contributed by atoms with Gasteiger partial charge in [0.25, 0.3) is 0 Å². The van der Waals surface area contributed by atoms with Crippen LogP contribution in [-0.4, -0.2) is 36.3 Å². The lowest BCUT2D eigenvalue weighted by Crippen LogP contribution is -2.52. The third-order valence-electron chi connectivity index (χ3n) is 4.88. The summed E-state index contributed by atoms with van der Waals surface area (Å²) in [5.41, 5.74) is 6.71. The zero-order valence-electron chi connectivity index (χ0n) is 12.6. The quantitative estimate of drug-likeness (QED) is 0.836. The van der Waals surface area contributed by atoms with Crippen LogP contribution in [0.5, 0.6) is 0 Å². The molecule has 114 valence electrons. The Balaban J connectivity index is 1.77. The maximum absolute atomic E-state index is 9.16. The minimum Gasteiger partial charge on any atom is -0.396 e. The monoisotopic (exact) mass is 322 g/mol. The summed E-state index contributed by atoms with van der Waals surface area (Å²) in [5, 5.41) is 13.9. The van der Waals surface area contributed by atoms with Crippen molar-refractivity contribution in [1.82, 2.24) is 4.90 Å². The summed E-state index contributed by atoms with van der Waals surface area (Å²) in [7, 11) is 2.27. The number of thiophene rings is 1. The largest absolute Gasteiger partial charge is 0.396 e. The fraction of sp³-hybridized carbons (Fsp3) is 0.667. The van der Waals surface area contributed by atoms with E-state index >= 15 is 0 Å². The van der Waals surface area contributed by atoms with E-state index in [0.717, 1.165) is 9.90 Å². The second-order valence-electron chi connectivity index (χ2n) is 6.04. The van der Waals surface area contributed by atoms with Gasteiger partial charge in [-0.25, -0.2) is 0 Å². The minimum absolute atomic E-state index is 0.506. The maximum atomic E-state index is 9.16. The number of anilines is 2. The Kier molecular flexibility index (Phi) is 4.34. The number of fused-ring (bicyclic) bond motifs is 2. The van der Waals surface area contributed by atoms with Gasteiger partial charge in [0.15, 0.2) is 0 Å². The molecular formula is C15H22N4S2. The normalized spacial score (nSPS) is 29.1. The number of nitriles is 1. The molecule has 2 atom stereocenters. The van der Waals surface area contributed by atoms with Crippen molar-refractivity contribution in [2.24, 2.45) is 0 Å². The fourth-order valence-electron chi connectivity index (χ4n) is 3.73. The van der Waals surface area contributed by atoms with Gasteiger partial charge >= 0.3 is 0 Å². The number of rotatable bonds is 3. The molecule has 3 heterocycles. The molecule has 0 saturated carbocycles. The molecule has 0 aliphatic carbocycles. The number of nitrogens with one attached hydrogen (secondary N) is 1. The average Bonchev–Trinajstić information content (AvgIpc) is 2.75. The highest BCUT2D eigenvalue weighted by Crippen LogP contribution is 2.43. The summed E-state index contributed by atoms with van der Waals surface area (Å²) in [6.45, 7) is 0. The predicted octanol–water partition coefficient (Wildman–Crippen LogP) is 3.35. The van der Waals surface area contributed by atoms with Crippen LogP contribution in [0.15, 0.2) is 4.90 Å². The molecule has 0 radical (unpaired) electrons. The molecule has 21 heavy (non-hydrogen) atoms. The molecule has 0 spiro atoms. The second kappa shape index (κ2) is 6.07. The number of nitrogens with zero attached hydrogens (tertiary/aromatic N) is 2. The molecule has 0 aromatic carbocycles. The average molecular weight is 323 g/mol. The topological polar surface area (TPSA) is 65.1 Å². The molecule has 6 heteroatoms. The first-order chi connectivity index (χ1) is 10.1. The number of nitrogens with two attached hydrogens (primary N) is 1. The van der Waals surface area contributed by atoms with Crippen LogP contribution < -0.4 is 11.1 Å². The molecule has 2 aliphatic heterocycles. The van der Waals surface area contributed by atoms with Crippen molar-refractivity contribution in [1.29, 1.82) is 5.26 Å². The van der Waals surface area contributed by atoms with Crippen molar-refractivity contribution >= 4 is 33.8 Å². The smallest absolute Gasteiger partial charge is 0.131 e. The SMILES string of the molecule is CSc1c(NC2CC3CCCC(C2)N3C)sc(C#N)c1N. The molecule has 2 aliphatic rings. The predicted molar refractivity (Wildman–Crippen MR) is 91.1 cm³/mol. The zero-order chi connectivity index (χ0) is 15.0. The second-order valence-corrected chi connectivity index (χ2v) is 7.87. The molecule has 2 fully saturated rings. The van der Waals surface area contributed by atoms with Crippen molar-refractivity contribution in [3.05, 3.63) is 4.88 Å². The van der Waals surface area contributed by atoms with Gasteiger partial charge in [-0.05, 0) is 39.0 Å². The van der Waals surface area contributed by atoms with E-state index in [0.29, 0.717) is 28.7 Å². The first-order valence-corrected chi connectivity index (χ1v) is 9.53. The molecule has 0 amide bonds. The van der Waals surface area contributed by atoms with Crippen molar-refractivity contribution < 1.29 is 0 Å². The van der Waals surface area contributed by atoms with Crippen LogP contribution in [-0.2, 0) is 0 Å². The standard InChI is InChI=1S/C15H22N4S2/c1-19-10-4-3-5-11(19)7-9(6-10)18-15-14(20-2)13(17)12(8-16)21-15/h9-11,18H,3-7,17H2,1-2H3. The van der Waals surface area contributed by atoms with Crippen molar-refractivity contribution in [2.75, 3.05) is 24.4 Å². The molecular weight excluding hydrogens is 300 g/mol. The van der Waals surface area contributed by atoms with Crippen molar-refractivity contribution in [2.45, 2.75) is 55.1 Å². The molecule has 2 unspecified atom stereocenters. The summed E-state index contributed by atoms with van der Waals surface area (Å²) >= 11 is 3.13. The minimum atomic E-state index is 0.506. The van der Waals surface area contributed by atoms with Crippen LogP contribution in [0.3, 0.4) is 0 Å². The van der Waals surface area contributed by atoms with E-state index in [1.54, 1.807) is 11.8 Å². The number of hydrogen-bond donors (Lipinski definition) is 2. The van der Waals surface area contributed by atoms with Crippen LogP contribution in [0.4, 0.5) is 10.7 Å². The van der Waals surface area contributed by atoms with E-state index in [-0.39, 0.29) is 0 Å². The van der Waals surface area contributed by atoms with Gasteiger partial charge in [-0.15, -0.1) is 23.1 Å². The molecule has 4 nitrogen and oxygen atoms in total. The Morgan fingerprint density at radius 3 is 2.62 bits per heavy atom. The first-order valence-electron chi connectivity index (χ1n) is 7.48. The first kappa shape index (κ1) is 15.0. The molecule has 2 bridgehead atoms. The lowest BCUT2D eigenvalue weighted by molar-refractivity contribution is 0.0609. The lowest BCUT2D eigenvalue weighted by atomic mass is 9.82. The van der Waals surface area contributed by atoms with E-state index in [1.807, 2.05) is 6.26 Å². The van der Waals surface area contributed by atoms with Crippen LogP contribution in [0.25, 0.3) is 0 Å². The Bertz CT molecular complexity index is 549. The van der Waals surface area contributed by atoms with Gasteiger partial charge in [0.2, 0.25) is 0 Å². The van der Waals surface area contributed by atoms with Gasteiger partial charge in [0.1, 0.15) is 15.9 Å². The van der Waals surface area contributed by atoms with Crippen LogP contribution in [0.2, 0.25) is 0 Å². The Morgan fingerprint density at radius 2 is 2.05 bits per heavy atom. The summed E-state index contributed by atoms with van der Waals surface area (Å²) in [6, 6.07) is 4.13. The zero-order valence-corrected chi connectivity index (χ0v) is 14.2. The lowest BCUT2D eigenvalue weighted by Gasteiger charge is -2.47. The Labute approximate surface area is 134 Å². The van der Waals surface area contributed by atoms with E-state index in [2.05, 4.69) is 23.3 Å². The van der Waals surface area contributed by atoms with Gasteiger partial charge in [-0.2, -0.15) is 5.26 Å². The van der Waals surface area contributed by atoms with Crippen molar-refractivity contribution in [3.63, 3.8) is 0 Å². The summed E-state index contributed by atoms with van der Waals surface area (Å²) < 4.78 is 0. The number of nitrogen functional groups attached to an aromatic ring is 1. The number of thioether (sulfide) groups is 1. The van der Waals surface area contributed by atoms with E-state index in [4.69, 9.17) is 11.0 Å². The molecule has 1 aromatic rings. The molecule has 3 rings (SSSR count). The van der Waals surface area contributed by atoms with E-state index < -0.39 is 0 Å². The number of hydrogen-bond acceptors (Lipinski definition) is 6. The Hall–Kier alpha value is -0.900. The number of piperidine rings is 2. The molecule has 2 saturated heterocycles. The van der Waals surface area contributed by atoms with Crippen molar-refractivity contribution in [3.8, 4) is 6.07 Å². The Morgan fingerprint density at radius 1 is 1.38 bits per heavy atom. The van der Waals surface area contributed by atoms with Crippen LogP contribution in [0.1, 0.15) is 37.0 Å². The van der Waals surface area contributed by atoms with Gasteiger partial charge in [-0.3, -0.25) is 0 Å². The maximum Gasteiger partial charge on any atom is 0.131 e. The molecule has 1 aromatic heterocycles. The third kappa shape index (κ3) is 2.75. The fourth-order valence-corrected chi connectivity index (χ4v) is 5.62. The highest BCUT2D eigenvalue weighted by atomic mass is 32.2. The van der Waals surface area contributed by atoms with Crippen LogP contribution >= 0.6 is 23.1 Å². The molecule has 3 N–H and O–H groups in total. The van der Waals surface area contributed by atoms with Crippen LogP contribution in [0, 0.1) is 11.3 Å². The van der Waals surface area contributed by atoms with Gasteiger partial charge < -0.3 is 16.0 Å². The van der Waals surface area contributed by atoms with Gasteiger partial charge in [-0.1, -0.05) is 6.42 Å². The van der Waals surface area contributed by atoms with E-state index in [1.165, 1.54) is 43.4 Å². The summed E-state index contributed by atoms with van der Waals surface area (Å²) in [6.07, 6.45) is 8.41. The summed E-state index contributed by atoms with van der Waals surface area (Å²) in [5.74, 6) is 0. The van der Waals surface area contributed by atoms with Gasteiger partial charge in [0.05, 0.1) is 10.6 Å². The summed E-state index contributed by atoms with van der Waals surface area (Å²) in [4.78, 5) is 4.25. The van der Waals surface area contributed by atoms with E-state index in [9.17, 15) is 0 Å². The van der Waals surface area contributed by atoms with Gasteiger partial charge in [0, 0.05) is 18.1 Å². The highest BCUT2D eigenvalue weighted by molar-refractivity contribution is 7.99. The third-order valence-corrected chi connectivity index (χ3v) is 6.88. The highest BCUT2D eigenvalue weighted by Gasteiger charge is 2.36.